The highest BCUT2D eigenvalue weighted by molar-refractivity contribution is 8.19. The number of nitro benzene ring substituents is 1. The fourth-order valence-electron chi connectivity index (χ4n) is 4.26. The van der Waals surface area contributed by atoms with Gasteiger partial charge >= 0.3 is 0 Å². The first kappa shape index (κ1) is 27.1. The molecule has 2 aliphatic rings. The second-order valence-corrected chi connectivity index (χ2v) is 10.7. The van der Waals surface area contributed by atoms with Gasteiger partial charge in [-0.3, -0.25) is 19.8 Å². The zero-order valence-corrected chi connectivity index (χ0v) is 23.3. The van der Waals surface area contributed by atoms with Crippen LogP contribution in [0.1, 0.15) is 23.6 Å². The summed E-state index contributed by atoms with van der Waals surface area (Å²) in [5.41, 5.74) is 4.47. The van der Waals surface area contributed by atoms with Gasteiger partial charge in [-0.05, 0) is 60.1 Å². The molecule has 1 fully saturated rings. The Labute approximate surface area is 240 Å². The summed E-state index contributed by atoms with van der Waals surface area (Å²) in [4.78, 5) is 33.6. The van der Waals surface area contributed by atoms with Crippen molar-refractivity contribution < 1.29 is 9.72 Å². The third-order valence-electron chi connectivity index (χ3n) is 6.27. The van der Waals surface area contributed by atoms with Crippen LogP contribution in [-0.4, -0.2) is 39.4 Å². The summed E-state index contributed by atoms with van der Waals surface area (Å²) in [6, 6.07) is 23.5. The maximum Gasteiger partial charge on any atom is 0.269 e. The molecule has 1 amide bonds. The second kappa shape index (κ2) is 11.7. The van der Waals surface area contributed by atoms with Crippen LogP contribution >= 0.6 is 23.5 Å². The van der Waals surface area contributed by atoms with Gasteiger partial charge in [0, 0.05) is 31.1 Å². The Balaban J connectivity index is 1.53. The van der Waals surface area contributed by atoms with Gasteiger partial charge in [0.2, 0.25) is 0 Å². The number of non-ortho nitro benzene ring substituents is 1. The molecule has 40 heavy (non-hydrogen) atoms. The molecule has 0 atom stereocenters. The predicted molar refractivity (Wildman–Crippen MR) is 160 cm³/mol. The number of thioether (sulfide) groups is 2. The summed E-state index contributed by atoms with van der Waals surface area (Å²) in [6.07, 6.45) is 0. The smallest absolute Gasteiger partial charge is 0.269 e. The number of benzene rings is 3. The van der Waals surface area contributed by atoms with Crippen molar-refractivity contribution >= 4 is 57.4 Å². The van der Waals surface area contributed by atoms with E-state index in [1.807, 2.05) is 60.7 Å². The first-order valence-electron chi connectivity index (χ1n) is 12.4. The van der Waals surface area contributed by atoms with Crippen molar-refractivity contribution in [1.29, 1.82) is 5.26 Å². The number of anilines is 1. The van der Waals surface area contributed by atoms with Gasteiger partial charge in [-0.25, -0.2) is 4.99 Å². The molecule has 3 aromatic carbocycles. The van der Waals surface area contributed by atoms with Crippen LogP contribution in [-0.2, 0) is 11.3 Å². The van der Waals surface area contributed by atoms with Gasteiger partial charge in [0.1, 0.15) is 4.91 Å². The molecule has 0 spiro atoms. The minimum atomic E-state index is -0.428. The molecule has 0 bridgehead atoms. The number of amides is 1. The van der Waals surface area contributed by atoms with E-state index in [4.69, 9.17) is 4.99 Å². The highest BCUT2D eigenvalue weighted by atomic mass is 32.2. The molecule has 2 heterocycles. The number of aliphatic imine (C=N–C) groups is 1. The Bertz CT molecular complexity index is 1610. The van der Waals surface area contributed by atoms with Crippen LogP contribution in [0.3, 0.4) is 0 Å². The van der Waals surface area contributed by atoms with Crippen molar-refractivity contribution in [2.24, 2.45) is 4.99 Å². The van der Waals surface area contributed by atoms with E-state index in [9.17, 15) is 20.2 Å². The maximum atomic E-state index is 13.9. The SMILES string of the molecule is CCNc1ccc(C#N)cc1N=C1SC(=C2SC=C(c3ccc([N+](=O)[O-])cc3)N2C)C(=O)N1Cc1ccccc1. The van der Waals surface area contributed by atoms with Gasteiger partial charge in [-0.1, -0.05) is 42.1 Å². The van der Waals surface area contributed by atoms with Crippen molar-refractivity contribution in [2.75, 3.05) is 18.9 Å². The Morgan fingerprint density at radius 3 is 2.52 bits per heavy atom. The van der Waals surface area contributed by atoms with E-state index in [0.717, 1.165) is 27.5 Å². The summed E-state index contributed by atoms with van der Waals surface area (Å²) < 4.78 is 0. The molecular weight excluding hydrogens is 544 g/mol. The van der Waals surface area contributed by atoms with Gasteiger partial charge in [-0.15, -0.1) is 0 Å². The minimum absolute atomic E-state index is 0.0209. The van der Waals surface area contributed by atoms with Crippen molar-refractivity contribution in [3.8, 4) is 6.07 Å². The first-order valence-corrected chi connectivity index (χ1v) is 14.1. The van der Waals surface area contributed by atoms with E-state index < -0.39 is 4.92 Å². The molecule has 5 rings (SSSR count). The number of nitrogens with one attached hydrogen (secondary N) is 1. The number of amidine groups is 1. The molecule has 0 saturated carbocycles. The molecule has 9 nitrogen and oxygen atoms in total. The monoisotopic (exact) mass is 568 g/mol. The van der Waals surface area contributed by atoms with E-state index in [1.165, 1.54) is 35.7 Å². The molecule has 200 valence electrons. The Morgan fingerprint density at radius 1 is 1.10 bits per heavy atom. The zero-order valence-electron chi connectivity index (χ0n) is 21.7. The molecular formula is C29H24N6O3S2. The van der Waals surface area contributed by atoms with Gasteiger partial charge < -0.3 is 10.2 Å². The average molecular weight is 569 g/mol. The molecule has 0 aromatic heterocycles. The number of nitro groups is 1. The van der Waals surface area contributed by atoms with Crippen molar-refractivity contribution in [3.05, 3.63) is 115 Å². The van der Waals surface area contributed by atoms with Crippen molar-refractivity contribution in [2.45, 2.75) is 13.5 Å². The normalized spacial score (nSPS) is 17.8. The third-order valence-corrected chi connectivity index (χ3v) is 8.51. The molecule has 2 aliphatic heterocycles. The van der Waals surface area contributed by atoms with E-state index in [1.54, 1.807) is 29.2 Å². The van der Waals surface area contributed by atoms with E-state index >= 15 is 0 Å². The van der Waals surface area contributed by atoms with Crippen LogP contribution < -0.4 is 5.32 Å². The fraction of sp³-hybridized carbons (Fsp3) is 0.138. The van der Waals surface area contributed by atoms with E-state index in [2.05, 4.69) is 11.4 Å². The third kappa shape index (κ3) is 5.45. The quantitative estimate of drug-likeness (QED) is 0.195. The Hall–Kier alpha value is -4.53. The molecule has 1 saturated heterocycles. The topological polar surface area (TPSA) is 115 Å². The van der Waals surface area contributed by atoms with Crippen LogP contribution in [0.4, 0.5) is 17.1 Å². The number of hydrogen-bond acceptors (Lipinski definition) is 9. The van der Waals surface area contributed by atoms with Crippen LogP contribution in [0.15, 0.2) is 93.1 Å². The molecule has 0 aliphatic carbocycles. The summed E-state index contributed by atoms with van der Waals surface area (Å²) in [5.74, 6) is -0.165. The highest BCUT2D eigenvalue weighted by Gasteiger charge is 2.38. The van der Waals surface area contributed by atoms with Crippen LogP contribution in [0.25, 0.3) is 5.70 Å². The van der Waals surface area contributed by atoms with Crippen LogP contribution in [0.2, 0.25) is 0 Å². The lowest BCUT2D eigenvalue weighted by Crippen LogP contribution is -2.29. The molecule has 1 N–H and O–H groups in total. The largest absolute Gasteiger partial charge is 0.384 e. The van der Waals surface area contributed by atoms with Crippen LogP contribution in [0, 0.1) is 21.4 Å². The fourth-order valence-corrected chi connectivity index (χ4v) is 6.50. The van der Waals surface area contributed by atoms with Gasteiger partial charge in [-0.2, -0.15) is 5.26 Å². The number of nitrogens with zero attached hydrogens (tertiary/aromatic N) is 5. The van der Waals surface area contributed by atoms with Gasteiger partial charge in [0.05, 0.1) is 45.2 Å². The summed E-state index contributed by atoms with van der Waals surface area (Å²) in [6.45, 7) is 3.00. The summed E-state index contributed by atoms with van der Waals surface area (Å²) >= 11 is 2.73. The predicted octanol–water partition coefficient (Wildman–Crippen LogP) is 6.51. The standard InChI is InChI=1S/C29H24N6O3S2/c1-3-31-23-14-9-20(16-30)15-24(23)32-29-34(17-19-7-5-4-6-8-19)27(36)26(40-29)28-33(2)25(18-39-28)21-10-12-22(13-11-21)35(37)38/h4-15,18,31H,3,17H2,1-2H3. The number of nitriles is 1. The zero-order chi connectivity index (χ0) is 28.2. The lowest BCUT2D eigenvalue weighted by Gasteiger charge is -2.19. The Morgan fingerprint density at radius 2 is 1.85 bits per heavy atom. The Kier molecular flexibility index (Phi) is 7.91. The lowest BCUT2D eigenvalue weighted by molar-refractivity contribution is -0.384. The molecule has 11 heteroatoms. The van der Waals surface area contributed by atoms with Crippen molar-refractivity contribution in [1.82, 2.24) is 9.80 Å². The lowest BCUT2D eigenvalue weighted by atomic mass is 10.1. The van der Waals surface area contributed by atoms with Gasteiger partial charge in [0.15, 0.2) is 5.17 Å². The summed E-state index contributed by atoms with van der Waals surface area (Å²) in [5, 5.41) is 27.0. The highest BCUT2D eigenvalue weighted by Crippen LogP contribution is 2.46. The summed E-state index contributed by atoms with van der Waals surface area (Å²) in [7, 11) is 1.87. The van der Waals surface area contributed by atoms with Crippen molar-refractivity contribution in [3.63, 3.8) is 0 Å². The maximum absolute atomic E-state index is 13.9. The number of carbonyl (C=O) groups is 1. The van der Waals surface area contributed by atoms with E-state index in [0.29, 0.717) is 34.4 Å². The average Bonchev–Trinajstić information content (AvgIpc) is 3.49. The molecule has 0 radical (unpaired) electrons. The minimum Gasteiger partial charge on any atom is -0.384 e. The first-order chi connectivity index (χ1) is 19.4. The van der Waals surface area contributed by atoms with Gasteiger partial charge in [0.25, 0.3) is 11.6 Å². The van der Waals surface area contributed by atoms with E-state index in [-0.39, 0.29) is 11.6 Å². The number of carbonyl (C=O) groups excluding carboxylic acids is 1. The van der Waals surface area contributed by atoms with Crippen LogP contribution in [0.5, 0.6) is 0 Å². The molecule has 3 aromatic rings. The number of hydrogen-bond donors (Lipinski definition) is 1. The second-order valence-electron chi connectivity index (χ2n) is 8.87. The number of rotatable bonds is 7. The molecule has 0 unspecified atom stereocenters.